The number of nitrogens with two attached hydrogens (primary N) is 1. The quantitative estimate of drug-likeness (QED) is 0.870. The van der Waals surface area contributed by atoms with Gasteiger partial charge in [0, 0.05) is 12.2 Å². The molecule has 18 heavy (non-hydrogen) atoms. The van der Waals surface area contributed by atoms with Gasteiger partial charge in [0.15, 0.2) is 0 Å². The standard InChI is InChI=1S/C15H22N2O/c1-10(2)14(16)15(18)17-8-4-5-12-9-11(3)6-7-13(12)17/h6-7,9-10,14H,4-5,8,16H2,1-3H3/t14-/m1/s1. The molecule has 0 unspecified atom stereocenters. The summed E-state index contributed by atoms with van der Waals surface area (Å²) >= 11 is 0. The molecule has 0 saturated heterocycles. The molecule has 1 heterocycles. The highest BCUT2D eigenvalue weighted by Gasteiger charge is 2.27. The summed E-state index contributed by atoms with van der Waals surface area (Å²) in [6, 6.07) is 5.88. The normalized spacial score (nSPS) is 16.6. The van der Waals surface area contributed by atoms with Gasteiger partial charge in [-0.3, -0.25) is 4.79 Å². The molecule has 0 bridgehead atoms. The number of nitrogens with zero attached hydrogens (tertiary/aromatic N) is 1. The van der Waals surface area contributed by atoms with Crippen LogP contribution in [0.2, 0.25) is 0 Å². The Morgan fingerprint density at radius 3 is 2.78 bits per heavy atom. The number of carbonyl (C=O) groups excluding carboxylic acids is 1. The monoisotopic (exact) mass is 246 g/mol. The molecule has 1 aliphatic heterocycles. The van der Waals surface area contributed by atoms with Crippen molar-refractivity contribution < 1.29 is 4.79 Å². The van der Waals surface area contributed by atoms with Crippen molar-refractivity contribution in [3.05, 3.63) is 29.3 Å². The van der Waals surface area contributed by atoms with Crippen molar-refractivity contribution in [2.24, 2.45) is 11.7 Å². The summed E-state index contributed by atoms with van der Waals surface area (Å²) in [5.74, 6) is 0.225. The largest absolute Gasteiger partial charge is 0.320 e. The lowest BCUT2D eigenvalue weighted by Gasteiger charge is -2.32. The van der Waals surface area contributed by atoms with Gasteiger partial charge >= 0.3 is 0 Å². The van der Waals surface area contributed by atoms with E-state index in [0.717, 1.165) is 25.1 Å². The van der Waals surface area contributed by atoms with Crippen LogP contribution in [0.4, 0.5) is 5.69 Å². The Balaban J connectivity index is 2.30. The minimum atomic E-state index is -0.405. The van der Waals surface area contributed by atoms with Crippen molar-refractivity contribution in [3.8, 4) is 0 Å². The van der Waals surface area contributed by atoms with Crippen LogP contribution in [0.3, 0.4) is 0 Å². The van der Waals surface area contributed by atoms with Crippen LogP contribution >= 0.6 is 0 Å². The molecule has 1 aromatic rings. The van der Waals surface area contributed by atoms with E-state index in [2.05, 4.69) is 25.1 Å². The van der Waals surface area contributed by atoms with E-state index in [1.165, 1.54) is 11.1 Å². The van der Waals surface area contributed by atoms with Crippen molar-refractivity contribution in [2.75, 3.05) is 11.4 Å². The Morgan fingerprint density at radius 1 is 1.39 bits per heavy atom. The van der Waals surface area contributed by atoms with Gasteiger partial charge in [-0.05, 0) is 37.3 Å². The van der Waals surface area contributed by atoms with Crippen molar-refractivity contribution in [1.29, 1.82) is 0 Å². The molecule has 0 spiro atoms. The maximum atomic E-state index is 12.4. The lowest BCUT2D eigenvalue weighted by Crippen LogP contribution is -2.48. The SMILES string of the molecule is Cc1ccc2c(c1)CCCN2C(=O)[C@H](N)C(C)C. The van der Waals surface area contributed by atoms with Gasteiger partial charge in [-0.25, -0.2) is 0 Å². The lowest BCUT2D eigenvalue weighted by molar-refractivity contribution is -0.120. The van der Waals surface area contributed by atoms with Crippen molar-refractivity contribution in [3.63, 3.8) is 0 Å². The van der Waals surface area contributed by atoms with Gasteiger partial charge in [0.05, 0.1) is 6.04 Å². The predicted molar refractivity (Wildman–Crippen MR) is 74.7 cm³/mol. The molecule has 3 heteroatoms. The minimum absolute atomic E-state index is 0.0507. The van der Waals surface area contributed by atoms with Crippen LogP contribution in [0, 0.1) is 12.8 Å². The van der Waals surface area contributed by atoms with Crippen LogP contribution in [0.25, 0.3) is 0 Å². The Hall–Kier alpha value is -1.35. The van der Waals surface area contributed by atoms with Crippen LogP contribution in [0.1, 0.15) is 31.4 Å². The van der Waals surface area contributed by atoms with Crippen LogP contribution < -0.4 is 10.6 Å². The van der Waals surface area contributed by atoms with E-state index in [1.54, 1.807) is 0 Å². The third kappa shape index (κ3) is 2.41. The van der Waals surface area contributed by atoms with E-state index < -0.39 is 6.04 Å². The summed E-state index contributed by atoms with van der Waals surface area (Å²) in [4.78, 5) is 14.3. The summed E-state index contributed by atoms with van der Waals surface area (Å²) in [5, 5.41) is 0. The number of fused-ring (bicyclic) bond motifs is 1. The van der Waals surface area contributed by atoms with E-state index in [0.29, 0.717) is 0 Å². The number of amides is 1. The predicted octanol–water partition coefficient (Wildman–Crippen LogP) is 2.26. The topological polar surface area (TPSA) is 46.3 Å². The second-order valence-electron chi connectivity index (χ2n) is 5.50. The van der Waals surface area contributed by atoms with Crippen molar-refractivity contribution in [2.45, 2.75) is 39.7 Å². The van der Waals surface area contributed by atoms with Gasteiger partial charge in [-0.2, -0.15) is 0 Å². The van der Waals surface area contributed by atoms with Gasteiger partial charge in [0.25, 0.3) is 0 Å². The third-order valence-corrected chi connectivity index (χ3v) is 3.62. The average Bonchev–Trinajstić information content (AvgIpc) is 2.35. The molecule has 0 aliphatic carbocycles. The van der Waals surface area contributed by atoms with Crippen LogP contribution in [0.15, 0.2) is 18.2 Å². The molecular formula is C15H22N2O. The summed E-state index contributed by atoms with van der Waals surface area (Å²) in [6.07, 6.45) is 2.07. The van der Waals surface area contributed by atoms with Gasteiger partial charge in [-0.15, -0.1) is 0 Å². The second kappa shape index (κ2) is 5.11. The zero-order valence-electron chi connectivity index (χ0n) is 11.4. The first kappa shape index (κ1) is 13.1. The fourth-order valence-corrected chi connectivity index (χ4v) is 2.42. The molecular weight excluding hydrogens is 224 g/mol. The molecule has 0 fully saturated rings. The summed E-state index contributed by atoms with van der Waals surface area (Å²) in [7, 11) is 0. The van der Waals surface area contributed by atoms with Gasteiger partial charge in [-0.1, -0.05) is 31.5 Å². The molecule has 98 valence electrons. The molecule has 1 amide bonds. The van der Waals surface area contributed by atoms with Gasteiger partial charge < -0.3 is 10.6 Å². The highest BCUT2D eigenvalue weighted by atomic mass is 16.2. The zero-order valence-corrected chi connectivity index (χ0v) is 11.4. The van der Waals surface area contributed by atoms with E-state index in [9.17, 15) is 4.79 Å². The number of carbonyl (C=O) groups is 1. The Labute approximate surface area is 109 Å². The van der Waals surface area contributed by atoms with E-state index >= 15 is 0 Å². The smallest absolute Gasteiger partial charge is 0.244 e. The van der Waals surface area contributed by atoms with Crippen LogP contribution in [0.5, 0.6) is 0 Å². The molecule has 0 radical (unpaired) electrons. The zero-order chi connectivity index (χ0) is 13.3. The number of benzene rings is 1. The number of anilines is 1. The Morgan fingerprint density at radius 2 is 2.11 bits per heavy atom. The average molecular weight is 246 g/mol. The van der Waals surface area contributed by atoms with Crippen LogP contribution in [-0.2, 0) is 11.2 Å². The molecule has 1 aliphatic rings. The number of hydrogen-bond acceptors (Lipinski definition) is 2. The summed E-state index contributed by atoms with van der Waals surface area (Å²) in [6.45, 7) is 6.85. The fraction of sp³-hybridized carbons (Fsp3) is 0.533. The first-order valence-electron chi connectivity index (χ1n) is 6.67. The number of aryl methyl sites for hydroxylation is 2. The van der Waals surface area contributed by atoms with E-state index in [1.807, 2.05) is 18.7 Å². The van der Waals surface area contributed by atoms with Crippen LogP contribution in [-0.4, -0.2) is 18.5 Å². The minimum Gasteiger partial charge on any atom is -0.320 e. The van der Waals surface area contributed by atoms with E-state index in [4.69, 9.17) is 5.73 Å². The molecule has 2 N–H and O–H groups in total. The maximum Gasteiger partial charge on any atom is 0.244 e. The highest BCUT2D eigenvalue weighted by Crippen LogP contribution is 2.28. The second-order valence-corrected chi connectivity index (χ2v) is 5.50. The Bertz CT molecular complexity index is 454. The molecule has 3 nitrogen and oxygen atoms in total. The Kier molecular flexibility index (Phi) is 3.71. The van der Waals surface area contributed by atoms with Crippen molar-refractivity contribution >= 4 is 11.6 Å². The molecule has 0 aromatic heterocycles. The first-order chi connectivity index (χ1) is 8.50. The van der Waals surface area contributed by atoms with Gasteiger partial charge in [0.1, 0.15) is 0 Å². The van der Waals surface area contributed by atoms with Gasteiger partial charge in [0.2, 0.25) is 5.91 Å². The van der Waals surface area contributed by atoms with E-state index in [-0.39, 0.29) is 11.8 Å². The highest BCUT2D eigenvalue weighted by molar-refractivity contribution is 5.98. The first-order valence-corrected chi connectivity index (χ1v) is 6.67. The molecule has 2 rings (SSSR count). The van der Waals surface area contributed by atoms with Crippen molar-refractivity contribution in [1.82, 2.24) is 0 Å². The lowest BCUT2D eigenvalue weighted by atomic mass is 9.97. The molecule has 1 aromatic carbocycles. The maximum absolute atomic E-state index is 12.4. The number of rotatable bonds is 2. The fourth-order valence-electron chi connectivity index (χ4n) is 2.42. The summed E-state index contributed by atoms with van der Waals surface area (Å²) < 4.78 is 0. The summed E-state index contributed by atoms with van der Waals surface area (Å²) in [5.41, 5.74) is 9.55. The molecule has 0 saturated carbocycles. The number of hydrogen-bond donors (Lipinski definition) is 1. The third-order valence-electron chi connectivity index (χ3n) is 3.62. The molecule has 1 atom stereocenters.